The van der Waals surface area contributed by atoms with E-state index in [1.807, 2.05) is 0 Å². The quantitative estimate of drug-likeness (QED) is 0.504. The molecule has 1 saturated carbocycles. The highest BCUT2D eigenvalue weighted by atomic mass is 19.4. The van der Waals surface area contributed by atoms with Crippen molar-refractivity contribution in [1.82, 2.24) is 0 Å². The minimum Gasteiger partial charge on any atom is -0.332 e. The Bertz CT molecular complexity index is 413. The van der Waals surface area contributed by atoms with Gasteiger partial charge < -0.3 is 4.74 Å². The van der Waals surface area contributed by atoms with Gasteiger partial charge in [-0.25, -0.2) is 4.39 Å². The van der Waals surface area contributed by atoms with Crippen LogP contribution in [0.4, 0.5) is 43.9 Å². The minimum absolute atomic E-state index is 0.493. The van der Waals surface area contributed by atoms with Crippen molar-refractivity contribution in [2.45, 2.75) is 56.7 Å². The van der Waals surface area contributed by atoms with E-state index in [1.165, 1.54) is 0 Å². The molecule has 0 saturated heterocycles. The Morgan fingerprint density at radius 3 is 1.71 bits per heavy atom. The molecule has 3 nitrogen and oxygen atoms in total. The van der Waals surface area contributed by atoms with Crippen molar-refractivity contribution in [3.8, 4) is 0 Å². The molecule has 2 atom stereocenters. The zero-order valence-electron chi connectivity index (χ0n) is 11.9. The number of alkyl halides is 10. The van der Waals surface area contributed by atoms with Crippen LogP contribution in [0.3, 0.4) is 0 Å². The fourth-order valence-electron chi connectivity index (χ4n) is 2.55. The first-order valence-electron chi connectivity index (χ1n) is 6.47. The molecule has 1 aliphatic carbocycles. The third kappa shape index (κ3) is 5.09. The highest BCUT2D eigenvalue weighted by Gasteiger charge is 2.71. The van der Waals surface area contributed by atoms with Gasteiger partial charge in [0.2, 0.25) is 5.79 Å². The van der Waals surface area contributed by atoms with Gasteiger partial charge >= 0.3 is 18.9 Å². The van der Waals surface area contributed by atoms with E-state index >= 15 is 0 Å². The van der Waals surface area contributed by atoms with Crippen LogP contribution in [0.5, 0.6) is 0 Å². The second-order valence-electron chi connectivity index (χ2n) is 5.04. The number of ether oxygens (including phenoxy) is 3. The second kappa shape index (κ2) is 6.48. The first-order valence-corrected chi connectivity index (χ1v) is 6.47. The zero-order valence-corrected chi connectivity index (χ0v) is 11.9. The summed E-state index contributed by atoms with van der Waals surface area (Å²) in [5.74, 6) is -10.1. The molecule has 0 amide bonds. The molecule has 0 aromatic rings. The minimum atomic E-state index is -5.82. The van der Waals surface area contributed by atoms with E-state index in [1.54, 1.807) is 0 Å². The van der Waals surface area contributed by atoms with Gasteiger partial charge in [0.15, 0.2) is 0 Å². The van der Waals surface area contributed by atoms with Gasteiger partial charge in [-0.05, 0) is 12.8 Å². The maximum absolute atomic E-state index is 14.7. The summed E-state index contributed by atoms with van der Waals surface area (Å²) in [6.45, 7) is -1.31. The van der Waals surface area contributed by atoms with Crippen LogP contribution in [-0.2, 0) is 14.2 Å². The number of hydrogen-bond donors (Lipinski definition) is 0. The summed E-state index contributed by atoms with van der Waals surface area (Å²) in [5, 5.41) is 0. The Hall–Kier alpha value is -0.820. The monoisotopic (exact) mass is 382 g/mol. The van der Waals surface area contributed by atoms with E-state index < -0.39 is 62.3 Å². The highest BCUT2D eigenvalue weighted by molar-refractivity contribution is 5.01. The van der Waals surface area contributed by atoms with E-state index in [-0.39, 0.29) is 0 Å². The number of hydrogen-bond acceptors (Lipinski definition) is 3. The van der Waals surface area contributed by atoms with Crippen molar-refractivity contribution >= 4 is 0 Å². The smallest absolute Gasteiger partial charge is 0.332 e. The molecule has 1 aliphatic rings. The molecule has 0 N–H and O–H groups in total. The summed E-state index contributed by atoms with van der Waals surface area (Å²) in [4.78, 5) is 0. The molecule has 1 rings (SSSR count). The van der Waals surface area contributed by atoms with Crippen molar-refractivity contribution in [2.75, 3.05) is 6.61 Å². The van der Waals surface area contributed by atoms with Gasteiger partial charge in [-0.15, -0.1) is 26.3 Å². The summed E-state index contributed by atoms with van der Waals surface area (Å²) in [7, 11) is 0. The summed E-state index contributed by atoms with van der Waals surface area (Å²) in [5.41, 5.74) is 0. The van der Waals surface area contributed by atoms with E-state index in [0.717, 1.165) is 6.92 Å². The largest absolute Gasteiger partial charge is 0.525 e. The third-order valence-corrected chi connectivity index (χ3v) is 3.36. The molecule has 0 spiro atoms. The summed E-state index contributed by atoms with van der Waals surface area (Å²) < 4.78 is 137. The van der Waals surface area contributed by atoms with Crippen LogP contribution in [0.1, 0.15) is 26.2 Å². The molecule has 24 heavy (non-hydrogen) atoms. The third-order valence-electron chi connectivity index (χ3n) is 3.36. The molecule has 0 aromatic heterocycles. The van der Waals surface area contributed by atoms with Crippen LogP contribution >= 0.6 is 0 Å². The van der Waals surface area contributed by atoms with Crippen molar-refractivity contribution in [3.05, 3.63) is 0 Å². The highest BCUT2D eigenvalue weighted by Crippen LogP contribution is 2.56. The molecule has 0 aromatic carbocycles. The van der Waals surface area contributed by atoms with E-state index in [0.29, 0.717) is 0 Å². The van der Waals surface area contributed by atoms with Gasteiger partial charge in [-0.1, -0.05) is 6.92 Å². The maximum Gasteiger partial charge on any atom is 0.525 e. The first kappa shape index (κ1) is 21.2. The van der Waals surface area contributed by atoms with Crippen LogP contribution in [0.15, 0.2) is 0 Å². The Balaban J connectivity index is 3.31. The molecular formula is C11H12F10O3. The van der Waals surface area contributed by atoms with E-state index in [4.69, 9.17) is 0 Å². The maximum atomic E-state index is 14.7. The van der Waals surface area contributed by atoms with Crippen LogP contribution in [0.25, 0.3) is 0 Å². The lowest BCUT2D eigenvalue weighted by Crippen LogP contribution is -2.60. The lowest BCUT2D eigenvalue weighted by Gasteiger charge is -2.42. The fraction of sp³-hybridized carbons (Fsp3) is 1.00. The molecule has 0 bridgehead atoms. The van der Waals surface area contributed by atoms with E-state index in [2.05, 4.69) is 14.2 Å². The topological polar surface area (TPSA) is 27.7 Å². The number of rotatable bonds is 5. The first-order chi connectivity index (χ1) is 10.5. The lowest BCUT2D eigenvalue weighted by molar-refractivity contribution is -0.526. The van der Waals surface area contributed by atoms with Crippen molar-refractivity contribution in [3.63, 3.8) is 0 Å². The van der Waals surface area contributed by atoms with Gasteiger partial charge in [-0.3, -0.25) is 9.47 Å². The molecule has 1 fully saturated rings. The molecule has 144 valence electrons. The predicted molar refractivity (Wildman–Crippen MR) is 55.9 cm³/mol. The molecule has 0 aliphatic heterocycles. The van der Waals surface area contributed by atoms with Gasteiger partial charge in [0.25, 0.3) is 5.85 Å². The Morgan fingerprint density at radius 1 is 0.917 bits per heavy atom. The van der Waals surface area contributed by atoms with Gasteiger partial charge in [-0.2, -0.15) is 13.2 Å². The number of halogens is 10. The molecule has 2 unspecified atom stereocenters. The normalized spacial score (nSPS) is 28.4. The SMILES string of the molecule is CCC1CCC(F)(OCC(F)(F)F)C1(OC(F)(F)F)OC(F)(F)F. The van der Waals surface area contributed by atoms with Crippen molar-refractivity contribution < 1.29 is 58.1 Å². The van der Waals surface area contributed by atoms with Crippen molar-refractivity contribution in [1.29, 1.82) is 0 Å². The van der Waals surface area contributed by atoms with Crippen LogP contribution < -0.4 is 0 Å². The van der Waals surface area contributed by atoms with Gasteiger partial charge in [0.05, 0.1) is 0 Å². The Kier molecular flexibility index (Phi) is 5.73. The Morgan fingerprint density at radius 2 is 1.38 bits per heavy atom. The van der Waals surface area contributed by atoms with Crippen molar-refractivity contribution in [2.24, 2.45) is 5.92 Å². The Labute approximate surface area is 128 Å². The standard InChI is InChI=1S/C11H12F10O3/c1-2-6-3-4-7(12,22-5-8(13,14)15)9(6,23-10(16,17)18)24-11(19,20)21/h6H,2-5H2,1H3. The van der Waals surface area contributed by atoms with Crippen LogP contribution in [0, 0.1) is 5.92 Å². The van der Waals surface area contributed by atoms with Crippen LogP contribution in [0.2, 0.25) is 0 Å². The second-order valence-corrected chi connectivity index (χ2v) is 5.04. The molecule has 0 radical (unpaired) electrons. The van der Waals surface area contributed by atoms with Crippen LogP contribution in [-0.4, -0.2) is 37.1 Å². The van der Waals surface area contributed by atoms with Gasteiger partial charge in [0.1, 0.15) is 6.61 Å². The average Bonchev–Trinajstić information content (AvgIpc) is 2.55. The summed E-state index contributed by atoms with van der Waals surface area (Å²) >= 11 is 0. The fourth-order valence-corrected chi connectivity index (χ4v) is 2.55. The molecular weight excluding hydrogens is 370 g/mol. The molecule has 0 heterocycles. The molecule has 13 heteroatoms. The van der Waals surface area contributed by atoms with Gasteiger partial charge in [0, 0.05) is 12.3 Å². The zero-order chi connectivity index (χ0) is 19.0. The summed E-state index contributed by atoms with van der Waals surface area (Å²) in [6.07, 6.45) is -19.2. The van der Waals surface area contributed by atoms with E-state index in [9.17, 15) is 43.9 Å². The average molecular weight is 382 g/mol. The summed E-state index contributed by atoms with van der Waals surface area (Å²) in [6, 6.07) is 0. The predicted octanol–water partition coefficient (Wildman–Crippen LogP) is 4.82. The lowest BCUT2D eigenvalue weighted by atomic mass is 9.97.